The Labute approximate surface area is 116 Å². The molecular formula is C15H26N4. The molecule has 0 aromatic carbocycles. The fraction of sp³-hybridized carbons (Fsp3) is 0.733. The highest BCUT2D eigenvalue weighted by molar-refractivity contribution is 5.55. The highest BCUT2D eigenvalue weighted by atomic mass is 15.1. The number of nitrogens with two attached hydrogens (primary N) is 1. The van der Waals surface area contributed by atoms with Gasteiger partial charge in [-0.2, -0.15) is 0 Å². The summed E-state index contributed by atoms with van der Waals surface area (Å²) < 4.78 is 0. The van der Waals surface area contributed by atoms with Crippen LogP contribution in [0, 0.1) is 12.3 Å². The van der Waals surface area contributed by atoms with E-state index >= 15 is 0 Å². The fourth-order valence-electron chi connectivity index (χ4n) is 2.68. The lowest BCUT2D eigenvalue weighted by molar-refractivity contribution is 0.361. The van der Waals surface area contributed by atoms with Crippen molar-refractivity contribution in [3.8, 4) is 0 Å². The van der Waals surface area contributed by atoms with Crippen LogP contribution in [0.4, 0.5) is 11.6 Å². The van der Waals surface area contributed by atoms with E-state index in [2.05, 4.69) is 36.1 Å². The summed E-state index contributed by atoms with van der Waals surface area (Å²) in [6.07, 6.45) is 5.30. The number of anilines is 2. The van der Waals surface area contributed by atoms with Crippen LogP contribution in [0.1, 0.15) is 63.8 Å². The Kier molecular flexibility index (Phi) is 3.97. The molecule has 0 saturated heterocycles. The van der Waals surface area contributed by atoms with Crippen molar-refractivity contribution in [2.45, 2.75) is 59.3 Å². The molecule has 0 aliphatic heterocycles. The van der Waals surface area contributed by atoms with E-state index in [9.17, 15) is 0 Å². The van der Waals surface area contributed by atoms with Crippen molar-refractivity contribution in [1.82, 2.24) is 9.97 Å². The second-order valence-corrected chi connectivity index (χ2v) is 6.47. The summed E-state index contributed by atoms with van der Waals surface area (Å²) in [5.41, 5.74) is 7.36. The molecule has 0 atom stereocenters. The van der Waals surface area contributed by atoms with Gasteiger partial charge in [0.05, 0.1) is 0 Å². The molecule has 2 rings (SSSR count). The maximum Gasteiger partial charge on any atom is 0.135 e. The lowest BCUT2D eigenvalue weighted by Crippen LogP contribution is -2.24. The van der Waals surface area contributed by atoms with Crippen LogP contribution < -0.4 is 11.1 Å². The third-order valence-corrected chi connectivity index (χ3v) is 4.21. The van der Waals surface area contributed by atoms with Crippen molar-refractivity contribution >= 4 is 11.6 Å². The lowest BCUT2D eigenvalue weighted by atomic mass is 9.89. The quantitative estimate of drug-likeness (QED) is 0.872. The normalized spacial score (nSPS) is 17.9. The van der Waals surface area contributed by atoms with Crippen LogP contribution in [0.3, 0.4) is 0 Å². The molecule has 106 valence electrons. The minimum absolute atomic E-state index is 0.297. The maximum absolute atomic E-state index is 5.98. The van der Waals surface area contributed by atoms with Gasteiger partial charge in [0, 0.05) is 18.0 Å². The minimum Gasteiger partial charge on any atom is -0.383 e. The molecule has 4 nitrogen and oxygen atoms in total. The van der Waals surface area contributed by atoms with E-state index < -0.39 is 0 Å². The van der Waals surface area contributed by atoms with E-state index in [1.165, 1.54) is 25.7 Å². The van der Waals surface area contributed by atoms with Gasteiger partial charge in [-0.1, -0.05) is 33.6 Å². The Morgan fingerprint density at radius 3 is 2.47 bits per heavy atom. The van der Waals surface area contributed by atoms with Crippen molar-refractivity contribution in [1.29, 1.82) is 0 Å². The van der Waals surface area contributed by atoms with Crippen LogP contribution >= 0.6 is 0 Å². The lowest BCUT2D eigenvalue weighted by Gasteiger charge is -2.25. The SMILES string of the molecule is Cc1c(N)nc(C(C)C)nc1NCC1(C)CCCC1. The Morgan fingerprint density at radius 2 is 1.89 bits per heavy atom. The topological polar surface area (TPSA) is 63.8 Å². The monoisotopic (exact) mass is 262 g/mol. The maximum atomic E-state index is 5.98. The number of rotatable bonds is 4. The van der Waals surface area contributed by atoms with E-state index in [0.29, 0.717) is 17.2 Å². The molecule has 0 radical (unpaired) electrons. The first-order valence-electron chi connectivity index (χ1n) is 7.29. The molecule has 0 bridgehead atoms. The van der Waals surface area contributed by atoms with Gasteiger partial charge in [-0.15, -0.1) is 0 Å². The van der Waals surface area contributed by atoms with Crippen LogP contribution in [0.5, 0.6) is 0 Å². The molecule has 1 aliphatic carbocycles. The summed E-state index contributed by atoms with van der Waals surface area (Å²) in [4.78, 5) is 8.98. The predicted octanol–water partition coefficient (Wildman–Crippen LogP) is 3.48. The Hall–Kier alpha value is -1.32. The molecular weight excluding hydrogens is 236 g/mol. The molecule has 1 aliphatic rings. The van der Waals surface area contributed by atoms with Crippen LogP contribution in [-0.2, 0) is 0 Å². The van der Waals surface area contributed by atoms with Gasteiger partial charge < -0.3 is 11.1 Å². The highest BCUT2D eigenvalue weighted by Gasteiger charge is 2.28. The van der Waals surface area contributed by atoms with Crippen LogP contribution in [0.2, 0.25) is 0 Å². The molecule has 0 amide bonds. The van der Waals surface area contributed by atoms with Gasteiger partial charge in [0.2, 0.25) is 0 Å². The first-order chi connectivity index (χ1) is 8.91. The second-order valence-electron chi connectivity index (χ2n) is 6.47. The number of nitrogen functional groups attached to an aromatic ring is 1. The average Bonchev–Trinajstić information content (AvgIpc) is 2.78. The molecule has 1 saturated carbocycles. The second kappa shape index (κ2) is 5.35. The standard InChI is InChI=1S/C15H26N4/c1-10(2)13-18-12(16)11(3)14(19-13)17-9-15(4)7-5-6-8-15/h10H,5-9H2,1-4H3,(H3,16,17,18,19). The first kappa shape index (κ1) is 14.1. The van der Waals surface area contributed by atoms with E-state index in [1.54, 1.807) is 0 Å². The number of hydrogen-bond donors (Lipinski definition) is 2. The molecule has 1 aromatic heterocycles. The summed E-state index contributed by atoms with van der Waals surface area (Å²) in [6.45, 7) is 9.50. The molecule has 3 N–H and O–H groups in total. The first-order valence-corrected chi connectivity index (χ1v) is 7.29. The Bertz CT molecular complexity index is 448. The predicted molar refractivity (Wildman–Crippen MR) is 80.3 cm³/mol. The van der Waals surface area contributed by atoms with Crippen LogP contribution in [0.25, 0.3) is 0 Å². The van der Waals surface area contributed by atoms with Crippen molar-refractivity contribution in [2.75, 3.05) is 17.6 Å². The molecule has 1 heterocycles. The van der Waals surface area contributed by atoms with Crippen LogP contribution in [0.15, 0.2) is 0 Å². The smallest absolute Gasteiger partial charge is 0.135 e. The van der Waals surface area contributed by atoms with Gasteiger partial charge in [0.25, 0.3) is 0 Å². The molecule has 19 heavy (non-hydrogen) atoms. The van der Waals surface area contributed by atoms with Crippen molar-refractivity contribution in [3.05, 3.63) is 11.4 Å². The molecule has 0 spiro atoms. The van der Waals surface area contributed by atoms with E-state index in [-0.39, 0.29) is 0 Å². The molecule has 0 unspecified atom stereocenters. The Balaban J connectivity index is 2.15. The number of nitrogens with zero attached hydrogens (tertiary/aromatic N) is 2. The largest absolute Gasteiger partial charge is 0.383 e. The molecule has 1 aromatic rings. The van der Waals surface area contributed by atoms with Gasteiger partial charge in [0.15, 0.2) is 0 Å². The summed E-state index contributed by atoms with van der Waals surface area (Å²) in [6, 6.07) is 0. The summed E-state index contributed by atoms with van der Waals surface area (Å²) >= 11 is 0. The van der Waals surface area contributed by atoms with E-state index in [4.69, 9.17) is 5.73 Å². The zero-order chi connectivity index (χ0) is 14.0. The van der Waals surface area contributed by atoms with Crippen LogP contribution in [-0.4, -0.2) is 16.5 Å². The summed E-state index contributed by atoms with van der Waals surface area (Å²) in [5.74, 6) is 2.62. The zero-order valence-corrected chi connectivity index (χ0v) is 12.6. The van der Waals surface area contributed by atoms with Gasteiger partial charge in [-0.3, -0.25) is 0 Å². The Morgan fingerprint density at radius 1 is 1.26 bits per heavy atom. The molecule has 4 heteroatoms. The number of aromatic nitrogens is 2. The van der Waals surface area contributed by atoms with Crippen molar-refractivity contribution in [2.24, 2.45) is 5.41 Å². The number of nitrogens with one attached hydrogen (secondary N) is 1. The highest BCUT2D eigenvalue weighted by Crippen LogP contribution is 2.37. The fourth-order valence-corrected chi connectivity index (χ4v) is 2.68. The third kappa shape index (κ3) is 3.17. The third-order valence-electron chi connectivity index (χ3n) is 4.21. The van der Waals surface area contributed by atoms with E-state index in [0.717, 1.165) is 23.8 Å². The van der Waals surface area contributed by atoms with E-state index in [1.807, 2.05) is 6.92 Å². The average molecular weight is 262 g/mol. The van der Waals surface area contributed by atoms with Crippen molar-refractivity contribution < 1.29 is 0 Å². The zero-order valence-electron chi connectivity index (χ0n) is 12.6. The van der Waals surface area contributed by atoms with Gasteiger partial charge in [-0.25, -0.2) is 9.97 Å². The molecule has 1 fully saturated rings. The van der Waals surface area contributed by atoms with Crippen molar-refractivity contribution in [3.63, 3.8) is 0 Å². The van der Waals surface area contributed by atoms with Gasteiger partial charge in [-0.05, 0) is 25.2 Å². The summed E-state index contributed by atoms with van der Waals surface area (Å²) in [7, 11) is 0. The summed E-state index contributed by atoms with van der Waals surface area (Å²) in [5, 5.41) is 3.50. The van der Waals surface area contributed by atoms with Gasteiger partial charge in [0.1, 0.15) is 17.5 Å². The van der Waals surface area contributed by atoms with Gasteiger partial charge >= 0.3 is 0 Å². The minimum atomic E-state index is 0.297. The number of hydrogen-bond acceptors (Lipinski definition) is 4.